The zero-order chi connectivity index (χ0) is 20.4. The summed E-state index contributed by atoms with van der Waals surface area (Å²) in [6.07, 6.45) is 0. The van der Waals surface area contributed by atoms with Crippen LogP contribution in [0.3, 0.4) is 0 Å². The van der Waals surface area contributed by atoms with E-state index in [0.29, 0.717) is 106 Å². The smallest absolute Gasteiger partial charge is 0.0701 e. The van der Waals surface area contributed by atoms with Gasteiger partial charge in [-0.25, -0.2) is 0 Å². The SMILES string of the molecule is OCCOCCOCCOCCOCCOCCOCCOCCOCCO.[Si]. The van der Waals surface area contributed by atoms with Crippen LogP contribution in [-0.2, 0) is 37.9 Å². The summed E-state index contributed by atoms with van der Waals surface area (Å²) in [6.45, 7) is 7.79. The lowest BCUT2D eigenvalue weighted by atomic mass is 10.6. The summed E-state index contributed by atoms with van der Waals surface area (Å²) >= 11 is 0. The molecule has 0 fully saturated rings. The molecule has 0 aliphatic carbocycles. The Morgan fingerprint density at radius 3 is 0.552 bits per heavy atom. The van der Waals surface area contributed by atoms with E-state index in [1.54, 1.807) is 0 Å². The normalized spacial score (nSPS) is 11.0. The zero-order valence-electron chi connectivity index (χ0n) is 17.4. The van der Waals surface area contributed by atoms with E-state index in [2.05, 4.69) is 0 Å². The highest BCUT2D eigenvalue weighted by molar-refractivity contribution is 5.75. The number of hydrogen-bond donors (Lipinski definition) is 2. The summed E-state index contributed by atoms with van der Waals surface area (Å²) in [5.74, 6) is 0. The third-order valence-corrected chi connectivity index (χ3v) is 3.08. The van der Waals surface area contributed by atoms with E-state index in [1.165, 1.54) is 0 Å². The van der Waals surface area contributed by atoms with Gasteiger partial charge in [0.2, 0.25) is 0 Å². The first-order valence-electron chi connectivity index (χ1n) is 9.75. The minimum atomic E-state index is 0. The van der Waals surface area contributed by atoms with Crippen molar-refractivity contribution in [3.05, 3.63) is 0 Å². The Morgan fingerprint density at radius 1 is 0.276 bits per heavy atom. The molecule has 0 amide bonds. The summed E-state index contributed by atoms with van der Waals surface area (Å²) in [5.41, 5.74) is 0. The van der Waals surface area contributed by atoms with Crippen molar-refractivity contribution in [1.29, 1.82) is 0 Å². The van der Waals surface area contributed by atoms with E-state index in [-0.39, 0.29) is 24.2 Å². The molecule has 4 radical (unpaired) electrons. The molecule has 0 unspecified atom stereocenters. The van der Waals surface area contributed by atoms with E-state index < -0.39 is 0 Å². The Bertz CT molecular complexity index is 251. The van der Waals surface area contributed by atoms with Gasteiger partial charge in [-0.2, -0.15) is 0 Å². The summed E-state index contributed by atoms with van der Waals surface area (Å²) < 4.78 is 42.2. The number of ether oxygens (including phenoxy) is 8. The molecule has 0 rings (SSSR count). The van der Waals surface area contributed by atoms with E-state index in [9.17, 15) is 0 Å². The van der Waals surface area contributed by atoms with Crippen LogP contribution < -0.4 is 0 Å². The van der Waals surface area contributed by atoms with E-state index in [1.807, 2.05) is 0 Å². The Balaban J connectivity index is 0. The molecule has 0 atom stereocenters. The zero-order valence-corrected chi connectivity index (χ0v) is 18.4. The number of aliphatic hydroxyl groups excluding tert-OH is 2. The molecule has 10 nitrogen and oxygen atoms in total. The van der Waals surface area contributed by atoms with Crippen LogP contribution in [-0.4, -0.2) is 140 Å². The summed E-state index contributed by atoms with van der Waals surface area (Å²) in [7, 11) is 0. The molecule has 0 aromatic rings. The van der Waals surface area contributed by atoms with Gasteiger partial charge >= 0.3 is 0 Å². The minimum Gasteiger partial charge on any atom is -0.394 e. The number of hydrogen-bond acceptors (Lipinski definition) is 10. The van der Waals surface area contributed by atoms with Crippen LogP contribution in [0.1, 0.15) is 0 Å². The van der Waals surface area contributed by atoms with Crippen LogP contribution >= 0.6 is 0 Å². The third kappa shape index (κ3) is 30.1. The second kappa shape index (κ2) is 30.0. The lowest BCUT2D eigenvalue weighted by molar-refractivity contribution is -0.0244. The Kier molecular flexibility index (Phi) is 32.1. The standard InChI is InChI=1S/C18H38O10.Si/c19-1-3-21-5-7-23-9-11-25-13-15-27-17-18-28-16-14-26-12-10-24-8-6-22-4-2-20;/h19-20H,1-18H2;. The molecule has 174 valence electrons. The molecule has 0 bridgehead atoms. The third-order valence-electron chi connectivity index (χ3n) is 3.08. The van der Waals surface area contributed by atoms with Crippen LogP contribution in [0.15, 0.2) is 0 Å². The van der Waals surface area contributed by atoms with Crippen LogP contribution in [0.2, 0.25) is 0 Å². The maximum Gasteiger partial charge on any atom is 0.0701 e. The average molecular weight is 443 g/mol. The maximum atomic E-state index is 8.52. The van der Waals surface area contributed by atoms with Gasteiger partial charge in [-0.1, -0.05) is 0 Å². The van der Waals surface area contributed by atoms with Gasteiger partial charge in [-0.05, 0) is 0 Å². The van der Waals surface area contributed by atoms with E-state index >= 15 is 0 Å². The van der Waals surface area contributed by atoms with Gasteiger partial charge < -0.3 is 48.1 Å². The van der Waals surface area contributed by atoms with Gasteiger partial charge in [-0.15, -0.1) is 0 Å². The van der Waals surface area contributed by atoms with Crippen molar-refractivity contribution in [2.75, 3.05) is 119 Å². The highest BCUT2D eigenvalue weighted by Gasteiger charge is 1.94. The summed E-state index contributed by atoms with van der Waals surface area (Å²) in [6, 6.07) is 0. The predicted octanol–water partition coefficient (Wildman–Crippen LogP) is -1.28. The summed E-state index contributed by atoms with van der Waals surface area (Å²) in [4.78, 5) is 0. The van der Waals surface area contributed by atoms with Crippen molar-refractivity contribution in [3.63, 3.8) is 0 Å². The Labute approximate surface area is 178 Å². The first-order valence-corrected chi connectivity index (χ1v) is 9.75. The van der Waals surface area contributed by atoms with Crippen LogP contribution in [0.25, 0.3) is 0 Å². The van der Waals surface area contributed by atoms with Gasteiger partial charge in [-0.3, -0.25) is 0 Å². The molecule has 0 saturated carbocycles. The fraction of sp³-hybridized carbons (Fsp3) is 1.00. The Hall–Kier alpha value is -0.183. The molecule has 2 N–H and O–H groups in total. The number of aliphatic hydroxyl groups is 2. The maximum absolute atomic E-state index is 8.52. The first-order chi connectivity index (χ1) is 13.9. The quantitative estimate of drug-likeness (QED) is 0.131. The van der Waals surface area contributed by atoms with Gasteiger partial charge in [0.05, 0.1) is 119 Å². The minimum absolute atomic E-state index is 0. The molecule has 0 heterocycles. The molecule has 0 saturated heterocycles. The highest BCUT2D eigenvalue weighted by atomic mass is 28.1. The monoisotopic (exact) mass is 442 g/mol. The van der Waals surface area contributed by atoms with Gasteiger partial charge in [0.15, 0.2) is 0 Å². The molecular formula is C18H38O10Si. The van der Waals surface area contributed by atoms with Crippen molar-refractivity contribution in [2.24, 2.45) is 0 Å². The topological polar surface area (TPSA) is 114 Å². The first kappa shape index (κ1) is 31.0. The fourth-order valence-corrected chi connectivity index (χ4v) is 1.77. The van der Waals surface area contributed by atoms with E-state index in [0.717, 1.165) is 0 Å². The van der Waals surface area contributed by atoms with E-state index in [4.69, 9.17) is 48.1 Å². The van der Waals surface area contributed by atoms with Gasteiger partial charge in [0.1, 0.15) is 0 Å². The lowest BCUT2D eigenvalue weighted by Gasteiger charge is -2.08. The van der Waals surface area contributed by atoms with Crippen LogP contribution in [0.5, 0.6) is 0 Å². The van der Waals surface area contributed by atoms with Crippen molar-refractivity contribution in [2.45, 2.75) is 0 Å². The molecule has 11 heteroatoms. The van der Waals surface area contributed by atoms with Crippen molar-refractivity contribution >= 4 is 11.0 Å². The largest absolute Gasteiger partial charge is 0.394 e. The molecule has 0 aliphatic heterocycles. The molecule has 0 aliphatic rings. The Morgan fingerprint density at radius 2 is 0.414 bits per heavy atom. The van der Waals surface area contributed by atoms with Crippen LogP contribution in [0, 0.1) is 0 Å². The van der Waals surface area contributed by atoms with Crippen LogP contribution in [0.4, 0.5) is 0 Å². The lowest BCUT2D eigenvalue weighted by Crippen LogP contribution is -2.15. The second-order valence-electron chi connectivity index (χ2n) is 5.35. The predicted molar refractivity (Wildman–Crippen MR) is 106 cm³/mol. The van der Waals surface area contributed by atoms with Gasteiger partial charge in [0.25, 0.3) is 0 Å². The average Bonchev–Trinajstić information content (AvgIpc) is 2.71. The fourth-order valence-electron chi connectivity index (χ4n) is 1.77. The van der Waals surface area contributed by atoms with Crippen molar-refractivity contribution in [1.82, 2.24) is 0 Å². The molecule has 0 aromatic heterocycles. The van der Waals surface area contributed by atoms with Crippen molar-refractivity contribution < 1.29 is 48.1 Å². The molecule has 0 spiro atoms. The highest BCUT2D eigenvalue weighted by Crippen LogP contribution is 1.85. The molecular weight excluding hydrogens is 404 g/mol. The summed E-state index contributed by atoms with van der Waals surface area (Å²) in [5, 5.41) is 17.0. The second-order valence-corrected chi connectivity index (χ2v) is 5.35. The number of rotatable bonds is 25. The molecule has 29 heavy (non-hydrogen) atoms. The molecule has 0 aromatic carbocycles. The van der Waals surface area contributed by atoms with Gasteiger partial charge in [0, 0.05) is 11.0 Å². The van der Waals surface area contributed by atoms with Crippen molar-refractivity contribution in [3.8, 4) is 0 Å².